The zero-order valence-electron chi connectivity index (χ0n) is 11.9. The number of carbonyl (C=O) groups excluding carboxylic acids is 1. The second-order valence-electron chi connectivity index (χ2n) is 4.32. The van der Waals surface area contributed by atoms with Crippen molar-refractivity contribution in [3.05, 3.63) is 28.8 Å². The monoisotopic (exact) mass is 291 g/mol. The quantitative estimate of drug-likeness (QED) is 0.667. The Kier molecular flexibility index (Phi) is 4.39. The molecule has 1 amide bonds. The molecule has 0 aliphatic heterocycles. The zero-order chi connectivity index (χ0) is 14.7. The molecule has 0 atom stereocenters. The van der Waals surface area contributed by atoms with E-state index in [1.54, 1.807) is 6.20 Å². The van der Waals surface area contributed by atoms with Crippen LogP contribution in [0.2, 0.25) is 0 Å². The van der Waals surface area contributed by atoms with E-state index in [-0.39, 0.29) is 5.91 Å². The van der Waals surface area contributed by atoms with Crippen LogP contribution >= 0.6 is 11.8 Å². The molecule has 0 aliphatic rings. The molecule has 2 aromatic rings. The number of nitrogens with zero attached hydrogens (tertiary/aromatic N) is 3. The number of aromatic amines is 1. The van der Waals surface area contributed by atoms with Crippen molar-refractivity contribution in [3.63, 3.8) is 0 Å². The minimum absolute atomic E-state index is 0.217. The Bertz CT molecular complexity index is 638. The SMILES string of the molecule is CCc1cn[nH]c1NC(=O)c1c(C)nc(C)nc1SC. The maximum Gasteiger partial charge on any atom is 0.261 e. The van der Waals surface area contributed by atoms with Crippen LogP contribution in [0.25, 0.3) is 0 Å². The maximum atomic E-state index is 12.4. The molecule has 2 rings (SSSR count). The van der Waals surface area contributed by atoms with Crippen LogP contribution in [0, 0.1) is 13.8 Å². The summed E-state index contributed by atoms with van der Waals surface area (Å²) < 4.78 is 0. The van der Waals surface area contributed by atoms with Crippen LogP contribution in [-0.4, -0.2) is 32.3 Å². The predicted octanol–water partition coefficient (Wildman–Crippen LogP) is 2.35. The highest BCUT2D eigenvalue weighted by atomic mass is 32.2. The summed E-state index contributed by atoms with van der Waals surface area (Å²) in [4.78, 5) is 21.0. The summed E-state index contributed by atoms with van der Waals surface area (Å²) in [7, 11) is 0. The van der Waals surface area contributed by atoms with Crippen molar-refractivity contribution in [2.75, 3.05) is 11.6 Å². The van der Waals surface area contributed by atoms with Gasteiger partial charge < -0.3 is 5.32 Å². The molecule has 0 saturated carbocycles. The number of aryl methyl sites for hydroxylation is 3. The van der Waals surface area contributed by atoms with Gasteiger partial charge in [0.1, 0.15) is 16.7 Å². The first-order valence-electron chi connectivity index (χ1n) is 6.29. The fraction of sp³-hybridized carbons (Fsp3) is 0.385. The van der Waals surface area contributed by atoms with E-state index in [1.807, 2.05) is 27.0 Å². The molecule has 0 aliphatic carbocycles. The molecule has 0 bridgehead atoms. The normalized spacial score (nSPS) is 10.6. The number of aromatic nitrogens is 4. The number of amides is 1. The van der Waals surface area contributed by atoms with Crippen LogP contribution in [-0.2, 0) is 6.42 Å². The first kappa shape index (κ1) is 14.5. The molecule has 2 N–H and O–H groups in total. The molecular formula is C13H17N5OS. The molecule has 2 heterocycles. The number of carbonyl (C=O) groups is 1. The van der Waals surface area contributed by atoms with Gasteiger partial charge in [0.25, 0.3) is 5.91 Å². The maximum absolute atomic E-state index is 12.4. The molecule has 106 valence electrons. The average molecular weight is 291 g/mol. The summed E-state index contributed by atoms with van der Waals surface area (Å²) in [6, 6.07) is 0. The van der Waals surface area contributed by atoms with E-state index in [0.29, 0.717) is 27.9 Å². The van der Waals surface area contributed by atoms with Gasteiger partial charge in [-0.1, -0.05) is 6.92 Å². The number of hydrogen-bond donors (Lipinski definition) is 2. The minimum atomic E-state index is -0.217. The average Bonchev–Trinajstić information content (AvgIpc) is 2.84. The topological polar surface area (TPSA) is 83.6 Å². The number of rotatable bonds is 4. The van der Waals surface area contributed by atoms with Crippen LogP contribution in [0.4, 0.5) is 5.82 Å². The summed E-state index contributed by atoms with van der Waals surface area (Å²) >= 11 is 1.44. The molecule has 7 heteroatoms. The predicted molar refractivity (Wildman–Crippen MR) is 79.2 cm³/mol. The van der Waals surface area contributed by atoms with Crippen LogP contribution in [0.1, 0.15) is 34.4 Å². The highest BCUT2D eigenvalue weighted by molar-refractivity contribution is 7.98. The van der Waals surface area contributed by atoms with Gasteiger partial charge in [0.2, 0.25) is 0 Å². The van der Waals surface area contributed by atoms with Crippen LogP contribution in [0.15, 0.2) is 11.2 Å². The molecule has 0 saturated heterocycles. The third-order valence-corrected chi connectivity index (χ3v) is 3.61. The molecule has 0 fully saturated rings. The Morgan fingerprint density at radius 2 is 2.15 bits per heavy atom. The van der Waals surface area contributed by atoms with Crippen LogP contribution < -0.4 is 5.32 Å². The van der Waals surface area contributed by atoms with Gasteiger partial charge in [0.05, 0.1) is 17.5 Å². The van der Waals surface area contributed by atoms with Gasteiger partial charge in [-0.15, -0.1) is 11.8 Å². The number of anilines is 1. The summed E-state index contributed by atoms with van der Waals surface area (Å²) in [6.45, 7) is 5.64. The lowest BCUT2D eigenvalue weighted by Gasteiger charge is -2.10. The van der Waals surface area contributed by atoms with E-state index in [2.05, 4.69) is 25.5 Å². The second-order valence-corrected chi connectivity index (χ2v) is 5.11. The van der Waals surface area contributed by atoms with E-state index in [0.717, 1.165) is 12.0 Å². The lowest BCUT2D eigenvalue weighted by atomic mass is 10.2. The molecule has 20 heavy (non-hydrogen) atoms. The van der Waals surface area contributed by atoms with Gasteiger partial charge in [-0.2, -0.15) is 5.10 Å². The van der Waals surface area contributed by atoms with Crippen molar-refractivity contribution < 1.29 is 4.79 Å². The molecule has 6 nitrogen and oxygen atoms in total. The number of hydrogen-bond acceptors (Lipinski definition) is 5. The summed E-state index contributed by atoms with van der Waals surface area (Å²) in [5.41, 5.74) is 2.16. The van der Waals surface area contributed by atoms with Crippen molar-refractivity contribution in [1.82, 2.24) is 20.2 Å². The Morgan fingerprint density at radius 3 is 2.80 bits per heavy atom. The number of thioether (sulfide) groups is 1. The van der Waals surface area contributed by atoms with Crippen LogP contribution in [0.3, 0.4) is 0 Å². The van der Waals surface area contributed by atoms with E-state index in [9.17, 15) is 4.79 Å². The molecule has 2 aromatic heterocycles. The highest BCUT2D eigenvalue weighted by Crippen LogP contribution is 2.22. The largest absolute Gasteiger partial charge is 0.307 e. The Morgan fingerprint density at radius 1 is 1.40 bits per heavy atom. The van der Waals surface area contributed by atoms with Gasteiger partial charge in [0, 0.05) is 5.56 Å². The first-order chi connectivity index (χ1) is 9.56. The smallest absolute Gasteiger partial charge is 0.261 e. The third-order valence-electron chi connectivity index (χ3n) is 2.93. The molecule has 0 unspecified atom stereocenters. The van der Waals surface area contributed by atoms with Gasteiger partial charge in [-0.3, -0.25) is 9.89 Å². The minimum Gasteiger partial charge on any atom is -0.307 e. The van der Waals surface area contributed by atoms with E-state index in [4.69, 9.17) is 0 Å². The van der Waals surface area contributed by atoms with E-state index >= 15 is 0 Å². The van der Waals surface area contributed by atoms with Crippen molar-refractivity contribution in [3.8, 4) is 0 Å². The van der Waals surface area contributed by atoms with Gasteiger partial charge in [-0.25, -0.2) is 9.97 Å². The Balaban J connectivity index is 2.34. The van der Waals surface area contributed by atoms with Crippen molar-refractivity contribution >= 4 is 23.5 Å². The highest BCUT2D eigenvalue weighted by Gasteiger charge is 2.19. The Hall–Kier alpha value is -1.89. The fourth-order valence-corrected chi connectivity index (χ4v) is 2.62. The molecule has 0 spiro atoms. The summed E-state index contributed by atoms with van der Waals surface area (Å²) in [5, 5.41) is 10.3. The molecule has 0 radical (unpaired) electrons. The second kappa shape index (κ2) is 6.04. The number of nitrogens with one attached hydrogen (secondary N) is 2. The first-order valence-corrected chi connectivity index (χ1v) is 7.52. The Labute approximate surface area is 121 Å². The molecule has 0 aromatic carbocycles. The third kappa shape index (κ3) is 2.82. The number of H-pyrrole nitrogens is 1. The zero-order valence-corrected chi connectivity index (χ0v) is 12.8. The van der Waals surface area contributed by atoms with Crippen molar-refractivity contribution in [2.24, 2.45) is 0 Å². The van der Waals surface area contributed by atoms with Crippen molar-refractivity contribution in [1.29, 1.82) is 0 Å². The summed E-state index contributed by atoms with van der Waals surface area (Å²) in [6.07, 6.45) is 4.40. The van der Waals surface area contributed by atoms with Crippen LogP contribution in [0.5, 0.6) is 0 Å². The standard InChI is InChI=1S/C13H17N5OS/c1-5-9-6-14-18-11(9)17-12(19)10-7(2)15-8(3)16-13(10)20-4/h6H,5H2,1-4H3,(H2,14,17,18,19). The molecular weight excluding hydrogens is 274 g/mol. The van der Waals surface area contributed by atoms with Gasteiger partial charge in [0.15, 0.2) is 0 Å². The lowest BCUT2D eigenvalue weighted by molar-refractivity contribution is 0.102. The van der Waals surface area contributed by atoms with Gasteiger partial charge in [-0.05, 0) is 26.5 Å². The van der Waals surface area contributed by atoms with Crippen molar-refractivity contribution in [2.45, 2.75) is 32.2 Å². The van der Waals surface area contributed by atoms with Gasteiger partial charge >= 0.3 is 0 Å². The summed E-state index contributed by atoms with van der Waals surface area (Å²) in [5.74, 6) is 1.08. The fourth-order valence-electron chi connectivity index (χ4n) is 1.95. The van der Waals surface area contributed by atoms with E-state index < -0.39 is 0 Å². The van der Waals surface area contributed by atoms with E-state index in [1.165, 1.54) is 11.8 Å². The lowest BCUT2D eigenvalue weighted by Crippen LogP contribution is -2.18.